The topological polar surface area (TPSA) is 88.7 Å². The summed E-state index contributed by atoms with van der Waals surface area (Å²) in [5.74, 6) is -2.76. The van der Waals surface area contributed by atoms with Gasteiger partial charge in [0.1, 0.15) is 17.3 Å². The number of rotatable bonds is 6. The Morgan fingerprint density at radius 2 is 1.78 bits per heavy atom. The van der Waals surface area contributed by atoms with Gasteiger partial charge in [-0.05, 0) is 42.5 Å². The van der Waals surface area contributed by atoms with Gasteiger partial charge in [0.2, 0.25) is 0 Å². The summed E-state index contributed by atoms with van der Waals surface area (Å²) >= 11 is 5.97. The van der Waals surface area contributed by atoms with E-state index in [0.717, 1.165) is 37.4 Å². The van der Waals surface area contributed by atoms with E-state index in [4.69, 9.17) is 11.6 Å². The first-order valence-corrected chi connectivity index (χ1v) is 10.3. The van der Waals surface area contributed by atoms with Crippen LogP contribution >= 0.6 is 11.6 Å². The number of hydrogen-bond donors (Lipinski definition) is 2. The van der Waals surface area contributed by atoms with Crippen LogP contribution in [-0.2, 0) is 11.0 Å². The van der Waals surface area contributed by atoms with Gasteiger partial charge in [-0.15, -0.1) is 13.2 Å². The number of carbonyl (C=O) groups excluding carboxylic acids is 1. The number of nitrogens with zero attached hydrogens (tertiary/aromatic N) is 3. The van der Waals surface area contributed by atoms with E-state index in [-0.39, 0.29) is 10.7 Å². The van der Waals surface area contributed by atoms with Gasteiger partial charge in [0.15, 0.2) is 5.69 Å². The molecule has 0 atom stereocenters. The second kappa shape index (κ2) is 10.5. The van der Waals surface area contributed by atoms with E-state index in [0.29, 0.717) is 17.0 Å². The van der Waals surface area contributed by atoms with Crippen LogP contribution in [0.3, 0.4) is 0 Å². The van der Waals surface area contributed by atoms with Gasteiger partial charge < -0.3 is 15.3 Å². The SMILES string of the molecule is CNC(=O)C(=C\c1cnn(-c2ccc(OC(F)(F)F)cc2)c1C(F)(F)F)/C(=N\O)c1c(F)cccc1Cl. The number of oxime groups is 1. The van der Waals surface area contributed by atoms with Crippen molar-refractivity contribution in [3.63, 3.8) is 0 Å². The van der Waals surface area contributed by atoms with Crippen molar-refractivity contribution >= 4 is 29.3 Å². The van der Waals surface area contributed by atoms with Crippen molar-refractivity contribution in [3.05, 3.63) is 81.9 Å². The lowest BCUT2D eigenvalue weighted by Gasteiger charge is -2.14. The summed E-state index contributed by atoms with van der Waals surface area (Å²) in [5.41, 5.74) is -4.46. The fourth-order valence-corrected chi connectivity index (χ4v) is 3.48. The lowest BCUT2D eigenvalue weighted by molar-refractivity contribution is -0.274. The molecular weight excluding hydrogens is 537 g/mol. The van der Waals surface area contributed by atoms with Gasteiger partial charge in [0.25, 0.3) is 5.91 Å². The zero-order valence-corrected chi connectivity index (χ0v) is 19.1. The highest BCUT2D eigenvalue weighted by atomic mass is 35.5. The van der Waals surface area contributed by atoms with Crippen molar-refractivity contribution in [2.45, 2.75) is 12.5 Å². The van der Waals surface area contributed by atoms with Gasteiger partial charge in [-0.3, -0.25) is 4.79 Å². The van der Waals surface area contributed by atoms with Crippen molar-refractivity contribution in [1.82, 2.24) is 15.1 Å². The zero-order valence-electron chi connectivity index (χ0n) is 18.3. The molecule has 1 heterocycles. The number of alkyl halides is 6. The lowest BCUT2D eigenvalue weighted by atomic mass is 9.98. The molecule has 0 radical (unpaired) electrons. The monoisotopic (exact) mass is 550 g/mol. The lowest BCUT2D eigenvalue weighted by Crippen LogP contribution is -2.26. The molecular formula is C22H14ClF7N4O3. The Bertz CT molecular complexity index is 1340. The molecule has 37 heavy (non-hydrogen) atoms. The predicted molar refractivity (Wildman–Crippen MR) is 117 cm³/mol. The minimum absolute atomic E-state index is 0.295. The smallest absolute Gasteiger partial charge is 0.410 e. The summed E-state index contributed by atoms with van der Waals surface area (Å²) in [6.07, 6.45) is -8.73. The standard InChI is InChI=1S/C22H14ClF7N4O3/c1-31-20(35)14(18(33-36)17-15(23)3-2-4-16(17)24)9-11-10-32-34(19(11)21(25,26)27)12-5-7-13(8-6-12)37-22(28,29)30/h2-10,36H,1H3,(H,31,35)/b14-9-,33-18+. The van der Waals surface area contributed by atoms with Crippen molar-refractivity contribution in [3.8, 4) is 11.4 Å². The molecule has 0 spiro atoms. The second-order valence-corrected chi connectivity index (χ2v) is 7.49. The van der Waals surface area contributed by atoms with Gasteiger partial charge in [-0.2, -0.15) is 18.3 Å². The van der Waals surface area contributed by atoms with Crippen LogP contribution in [0.25, 0.3) is 11.8 Å². The normalized spacial score (nSPS) is 13.0. The molecule has 0 unspecified atom stereocenters. The van der Waals surface area contributed by atoms with E-state index in [9.17, 15) is 40.7 Å². The Kier molecular flexibility index (Phi) is 7.81. The van der Waals surface area contributed by atoms with Crippen LogP contribution in [0.1, 0.15) is 16.8 Å². The Morgan fingerprint density at radius 3 is 2.30 bits per heavy atom. The maximum absolute atomic E-state index is 14.5. The molecule has 2 N–H and O–H groups in total. The van der Waals surface area contributed by atoms with Gasteiger partial charge >= 0.3 is 12.5 Å². The zero-order chi connectivity index (χ0) is 27.5. The molecule has 2 aromatic carbocycles. The van der Waals surface area contributed by atoms with E-state index in [1.54, 1.807) is 0 Å². The number of amides is 1. The molecule has 0 bridgehead atoms. The highest BCUT2D eigenvalue weighted by Gasteiger charge is 2.39. The third-order valence-corrected chi connectivity index (χ3v) is 5.02. The van der Waals surface area contributed by atoms with Crippen molar-refractivity contribution < 1.29 is 45.5 Å². The first-order valence-electron chi connectivity index (χ1n) is 9.88. The minimum Gasteiger partial charge on any atom is -0.410 e. The molecule has 0 aliphatic heterocycles. The number of nitrogens with one attached hydrogen (secondary N) is 1. The van der Waals surface area contributed by atoms with Crippen molar-refractivity contribution in [2.24, 2.45) is 5.16 Å². The highest BCUT2D eigenvalue weighted by molar-refractivity contribution is 6.39. The Balaban J connectivity index is 2.18. The molecule has 0 fully saturated rings. The molecule has 3 rings (SSSR count). The molecule has 3 aromatic rings. The molecule has 0 aliphatic rings. The van der Waals surface area contributed by atoms with Gasteiger partial charge in [-0.25, -0.2) is 9.07 Å². The van der Waals surface area contributed by atoms with Gasteiger partial charge in [-0.1, -0.05) is 22.8 Å². The summed E-state index contributed by atoms with van der Waals surface area (Å²) < 4.78 is 97.9. The van der Waals surface area contributed by atoms with Crippen LogP contribution in [0.2, 0.25) is 5.02 Å². The number of aromatic nitrogens is 2. The number of ether oxygens (including phenoxy) is 1. The number of hydrogen-bond acceptors (Lipinski definition) is 5. The fraction of sp³-hybridized carbons (Fsp3) is 0.136. The van der Waals surface area contributed by atoms with E-state index >= 15 is 0 Å². The van der Waals surface area contributed by atoms with Crippen LogP contribution in [0.5, 0.6) is 5.75 Å². The molecule has 196 valence electrons. The quantitative estimate of drug-likeness (QED) is 0.138. The van der Waals surface area contributed by atoms with Gasteiger partial charge in [0.05, 0.1) is 28.0 Å². The number of benzene rings is 2. The number of likely N-dealkylation sites (N-methyl/N-ethyl adjacent to an activating group) is 1. The number of carbonyl (C=O) groups is 1. The van der Waals surface area contributed by atoms with Gasteiger partial charge in [0, 0.05) is 12.6 Å². The van der Waals surface area contributed by atoms with E-state index in [1.807, 2.05) is 0 Å². The number of halogens is 8. The first kappa shape index (κ1) is 27.5. The maximum Gasteiger partial charge on any atom is 0.573 e. The molecule has 15 heteroatoms. The Labute approximate surface area is 208 Å². The summed E-state index contributed by atoms with van der Waals surface area (Å²) in [6, 6.07) is 6.72. The highest BCUT2D eigenvalue weighted by Crippen LogP contribution is 2.36. The van der Waals surface area contributed by atoms with E-state index in [2.05, 4.69) is 20.3 Å². The molecule has 1 amide bonds. The summed E-state index contributed by atoms with van der Waals surface area (Å²) in [6.45, 7) is 0. The Morgan fingerprint density at radius 1 is 1.14 bits per heavy atom. The third kappa shape index (κ3) is 6.20. The average Bonchev–Trinajstić information content (AvgIpc) is 3.23. The molecule has 7 nitrogen and oxygen atoms in total. The largest absolute Gasteiger partial charge is 0.573 e. The van der Waals surface area contributed by atoms with E-state index in [1.165, 1.54) is 12.1 Å². The minimum atomic E-state index is -5.09. The summed E-state index contributed by atoms with van der Waals surface area (Å²) in [4.78, 5) is 12.6. The van der Waals surface area contributed by atoms with Crippen LogP contribution in [0.15, 0.2) is 59.4 Å². The van der Waals surface area contributed by atoms with Crippen molar-refractivity contribution in [1.29, 1.82) is 0 Å². The summed E-state index contributed by atoms with van der Waals surface area (Å²) in [5, 5.41) is 17.9. The van der Waals surface area contributed by atoms with Crippen molar-refractivity contribution in [2.75, 3.05) is 7.05 Å². The van der Waals surface area contributed by atoms with Crippen LogP contribution in [0, 0.1) is 5.82 Å². The first-order chi connectivity index (χ1) is 17.3. The maximum atomic E-state index is 14.5. The second-order valence-electron chi connectivity index (χ2n) is 7.08. The third-order valence-electron chi connectivity index (χ3n) is 4.71. The molecule has 1 aromatic heterocycles. The summed E-state index contributed by atoms with van der Waals surface area (Å²) in [7, 11) is 1.13. The molecule has 0 saturated carbocycles. The molecule has 0 saturated heterocycles. The van der Waals surface area contributed by atoms with Crippen LogP contribution < -0.4 is 10.1 Å². The van der Waals surface area contributed by atoms with E-state index < -0.39 is 58.1 Å². The molecule has 0 aliphatic carbocycles. The average molecular weight is 551 g/mol. The predicted octanol–water partition coefficient (Wildman–Crippen LogP) is 5.59. The van der Waals surface area contributed by atoms with Crippen LogP contribution in [0.4, 0.5) is 30.7 Å². The Hall–Kier alpha value is -4.07. The van der Waals surface area contributed by atoms with Crippen LogP contribution in [-0.4, -0.2) is 40.0 Å². The fourth-order valence-electron chi connectivity index (χ4n) is 3.23.